The largest absolute Gasteiger partial charge is 0.484 e. The van der Waals surface area contributed by atoms with Crippen molar-refractivity contribution in [1.82, 2.24) is 4.90 Å². The smallest absolute Gasteiger partial charge is 0.285 e. The van der Waals surface area contributed by atoms with Gasteiger partial charge in [-0.15, -0.1) is 0 Å². The van der Waals surface area contributed by atoms with Gasteiger partial charge in [0.2, 0.25) is 0 Å². The monoisotopic (exact) mass is 357 g/mol. The van der Waals surface area contributed by atoms with Crippen LogP contribution in [0.2, 0.25) is 0 Å². The lowest BCUT2D eigenvalue weighted by molar-refractivity contribution is -0.385. The molecule has 8 nitrogen and oxygen atoms in total. The SMILES string of the molecule is Cc1cccc(C(=O)Nc2ccc(OCC(=O)N(C)C)cc2)c1[N+](=O)[O-]. The van der Waals surface area contributed by atoms with Crippen molar-refractivity contribution in [1.29, 1.82) is 0 Å². The van der Waals surface area contributed by atoms with Gasteiger partial charge in [-0.05, 0) is 37.3 Å². The van der Waals surface area contributed by atoms with Crippen molar-refractivity contribution < 1.29 is 19.2 Å². The van der Waals surface area contributed by atoms with Crippen LogP contribution in [-0.4, -0.2) is 42.3 Å². The number of amides is 2. The molecule has 0 aliphatic carbocycles. The second kappa shape index (κ2) is 8.11. The van der Waals surface area contributed by atoms with Gasteiger partial charge in [0.25, 0.3) is 17.5 Å². The summed E-state index contributed by atoms with van der Waals surface area (Å²) in [6.07, 6.45) is 0. The minimum absolute atomic E-state index is 0.00749. The first-order chi connectivity index (χ1) is 12.3. The van der Waals surface area contributed by atoms with Crippen LogP contribution in [0.4, 0.5) is 11.4 Å². The van der Waals surface area contributed by atoms with E-state index in [0.29, 0.717) is 17.0 Å². The molecule has 0 bridgehead atoms. The van der Waals surface area contributed by atoms with E-state index >= 15 is 0 Å². The normalized spacial score (nSPS) is 10.1. The number of nitro groups is 1. The zero-order valence-corrected chi connectivity index (χ0v) is 14.7. The fraction of sp³-hybridized carbons (Fsp3) is 0.222. The Bertz CT molecular complexity index is 831. The summed E-state index contributed by atoms with van der Waals surface area (Å²) in [5, 5.41) is 13.8. The number of carbonyl (C=O) groups is 2. The molecule has 0 aromatic heterocycles. The van der Waals surface area contributed by atoms with Gasteiger partial charge in [0.15, 0.2) is 6.61 Å². The second-order valence-electron chi connectivity index (χ2n) is 5.78. The summed E-state index contributed by atoms with van der Waals surface area (Å²) in [6, 6.07) is 11.0. The first kappa shape index (κ1) is 18.9. The number of aryl methyl sites for hydroxylation is 1. The third kappa shape index (κ3) is 4.56. The molecule has 0 unspecified atom stereocenters. The number of nitrogens with zero attached hydrogens (tertiary/aromatic N) is 2. The van der Waals surface area contributed by atoms with Gasteiger partial charge >= 0.3 is 0 Å². The van der Waals surface area contributed by atoms with Crippen molar-refractivity contribution in [2.45, 2.75) is 6.92 Å². The average molecular weight is 357 g/mol. The van der Waals surface area contributed by atoms with Gasteiger partial charge in [-0.1, -0.05) is 12.1 Å². The zero-order chi connectivity index (χ0) is 19.3. The predicted octanol–water partition coefficient (Wildman–Crippen LogP) is 2.62. The lowest BCUT2D eigenvalue weighted by Crippen LogP contribution is -2.27. The minimum Gasteiger partial charge on any atom is -0.484 e. The van der Waals surface area contributed by atoms with E-state index in [-0.39, 0.29) is 23.8 Å². The zero-order valence-electron chi connectivity index (χ0n) is 14.7. The van der Waals surface area contributed by atoms with Crippen LogP contribution in [0.5, 0.6) is 5.75 Å². The molecular formula is C18H19N3O5. The molecule has 2 rings (SSSR count). The van der Waals surface area contributed by atoms with Gasteiger partial charge in [-0.25, -0.2) is 0 Å². The molecule has 0 aliphatic heterocycles. The molecule has 0 saturated carbocycles. The lowest BCUT2D eigenvalue weighted by atomic mass is 10.1. The van der Waals surface area contributed by atoms with E-state index in [2.05, 4.69) is 5.32 Å². The third-order valence-corrected chi connectivity index (χ3v) is 3.64. The number of likely N-dealkylation sites (N-methyl/N-ethyl adjacent to an activating group) is 1. The fourth-order valence-corrected chi connectivity index (χ4v) is 2.19. The molecule has 2 aromatic carbocycles. The number of hydrogen-bond donors (Lipinski definition) is 1. The van der Waals surface area contributed by atoms with Gasteiger partial charge in [0.1, 0.15) is 11.3 Å². The average Bonchev–Trinajstić information content (AvgIpc) is 2.60. The summed E-state index contributed by atoms with van der Waals surface area (Å²) in [5.41, 5.74) is 0.646. The van der Waals surface area contributed by atoms with Crippen LogP contribution < -0.4 is 10.1 Å². The molecule has 26 heavy (non-hydrogen) atoms. The molecular weight excluding hydrogens is 338 g/mol. The number of nitro benzene ring substituents is 1. The van der Waals surface area contributed by atoms with E-state index in [9.17, 15) is 19.7 Å². The van der Waals surface area contributed by atoms with Crippen molar-refractivity contribution in [3.8, 4) is 5.75 Å². The summed E-state index contributed by atoms with van der Waals surface area (Å²) in [5.74, 6) is -0.272. The van der Waals surface area contributed by atoms with E-state index in [4.69, 9.17) is 4.74 Å². The summed E-state index contributed by atoms with van der Waals surface area (Å²) >= 11 is 0. The molecule has 1 N–H and O–H groups in total. The number of anilines is 1. The molecule has 2 aromatic rings. The maximum atomic E-state index is 12.4. The molecule has 0 radical (unpaired) electrons. The first-order valence-electron chi connectivity index (χ1n) is 7.78. The molecule has 0 saturated heterocycles. The Morgan fingerprint density at radius 2 is 1.81 bits per heavy atom. The predicted molar refractivity (Wildman–Crippen MR) is 96.4 cm³/mol. The van der Waals surface area contributed by atoms with E-state index < -0.39 is 10.8 Å². The molecule has 0 aliphatic rings. The summed E-state index contributed by atoms with van der Waals surface area (Å²) in [7, 11) is 3.27. The Balaban J connectivity index is 2.08. The van der Waals surface area contributed by atoms with Crippen LogP contribution in [0.15, 0.2) is 42.5 Å². The molecule has 0 spiro atoms. The van der Waals surface area contributed by atoms with Crippen LogP contribution in [0, 0.1) is 17.0 Å². The highest BCUT2D eigenvalue weighted by Crippen LogP contribution is 2.24. The van der Waals surface area contributed by atoms with E-state index in [0.717, 1.165) is 0 Å². The molecule has 0 heterocycles. The van der Waals surface area contributed by atoms with Gasteiger partial charge < -0.3 is 15.0 Å². The minimum atomic E-state index is -0.572. The van der Waals surface area contributed by atoms with Crippen LogP contribution in [0.1, 0.15) is 15.9 Å². The Morgan fingerprint density at radius 1 is 1.15 bits per heavy atom. The maximum absolute atomic E-state index is 12.4. The van der Waals surface area contributed by atoms with Crippen molar-refractivity contribution >= 4 is 23.2 Å². The number of carbonyl (C=O) groups excluding carboxylic acids is 2. The number of ether oxygens (including phenoxy) is 1. The highest BCUT2D eigenvalue weighted by molar-refractivity contribution is 6.07. The third-order valence-electron chi connectivity index (χ3n) is 3.64. The van der Waals surface area contributed by atoms with Crippen LogP contribution >= 0.6 is 0 Å². The quantitative estimate of drug-likeness (QED) is 0.632. The number of benzene rings is 2. The van der Waals surface area contributed by atoms with E-state index in [1.807, 2.05) is 0 Å². The number of nitrogens with one attached hydrogen (secondary N) is 1. The van der Waals surface area contributed by atoms with Crippen LogP contribution in [0.3, 0.4) is 0 Å². The van der Waals surface area contributed by atoms with Crippen molar-refractivity contribution in [3.05, 3.63) is 63.7 Å². The fourth-order valence-electron chi connectivity index (χ4n) is 2.19. The first-order valence-corrected chi connectivity index (χ1v) is 7.78. The van der Waals surface area contributed by atoms with Crippen LogP contribution in [-0.2, 0) is 4.79 Å². The van der Waals surface area contributed by atoms with Gasteiger partial charge in [-0.3, -0.25) is 19.7 Å². The Morgan fingerprint density at radius 3 is 2.38 bits per heavy atom. The van der Waals surface area contributed by atoms with E-state index in [1.165, 1.54) is 11.0 Å². The Kier molecular flexibility index (Phi) is 5.90. The van der Waals surface area contributed by atoms with Crippen LogP contribution in [0.25, 0.3) is 0 Å². The Hall–Kier alpha value is -3.42. The highest BCUT2D eigenvalue weighted by atomic mass is 16.6. The summed E-state index contributed by atoms with van der Waals surface area (Å²) < 4.78 is 5.35. The number of hydrogen-bond acceptors (Lipinski definition) is 5. The van der Waals surface area contributed by atoms with Gasteiger partial charge in [0, 0.05) is 25.3 Å². The van der Waals surface area contributed by atoms with Gasteiger partial charge in [-0.2, -0.15) is 0 Å². The molecule has 2 amide bonds. The maximum Gasteiger partial charge on any atom is 0.285 e. The topological polar surface area (TPSA) is 102 Å². The number of para-hydroxylation sites is 1. The second-order valence-corrected chi connectivity index (χ2v) is 5.78. The summed E-state index contributed by atoms with van der Waals surface area (Å²) in [4.78, 5) is 35.9. The Labute approximate surface area is 150 Å². The summed E-state index contributed by atoms with van der Waals surface area (Å²) in [6.45, 7) is 1.49. The molecule has 0 fully saturated rings. The van der Waals surface area contributed by atoms with Crippen molar-refractivity contribution in [2.75, 3.05) is 26.0 Å². The van der Waals surface area contributed by atoms with E-state index in [1.54, 1.807) is 57.4 Å². The lowest BCUT2D eigenvalue weighted by Gasteiger charge is -2.12. The van der Waals surface area contributed by atoms with Gasteiger partial charge in [0.05, 0.1) is 4.92 Å². The molecule has 8 heteroatoms. The highest BCUT2D eigenvalue weighted by Gasteiger charge is 2.22. The number of rotatable bonds is 6. The standard InChI is InChI=1S/C18H19N3O5/c1-12-5-4-6-15(17(12)21(24)25)18(23)19-13-7-9-14(10-8-13)26-11-16(22)20(2)3/h4-10H,11H2,1-3H3,(H,19,23). The van der Waals surface area contributed by atoms with Crippen molar-refractivity contribution in [3.63, 3.8) is 0 Å². The van der Waals surface area contributed by atoms with Crippen molar-refractivity contribution in [2.24, 2.45) is 0 Å². The molecule has 136 valence electrons. The molecule has 0 atom stereocenters.